The molecule has 0 aliphatic rings. The van der Waals surface area contributed by atoms with Crippen LogP contribution in [0.5, 0.6) is 0 Å². The van der Waals surface area contributed by atoms with Crippen LogP contribution in [0, 0.1) is 12.3 Å². The van der Waals surface area contributed by atoms with E-state index < -0.39 is 10.0 Å². The fourth-order valence-corrected chi connectivity index (χ4v) is 2.84. The Balaban J connectivity index is 3.99. The predicted molar refractivity (Wildman–Crippen MR) is 67.6 cm³/mol. The fourth-order valence-electron chi connectivity index (χ4n) is 1.35. The van der Waals surface area contributed by atoms with Gasteiger partial charge in [-0.1, -0.05) is 19.8 Å². The summed E-state index contributed by atoms with van der Waals surface area (Å²) in [6.45, 7) is 6.24. The van der Waals surface area contributed by atoms with Crippen LogP contribution in [0.3, 0.4) is 0 Å². The van der Waals surface area contributed by atoms with Crippen LogP contribution in [0.2, 0.25) is 0 Å². The first-order valence-corrected chi connectivity index (χ1v) is 7.31. The normalized spacial score (nSPS) is 11.6. The minimum atomic E-state index is -3.16. The Hall–Kier alpha value is -0.570. The molecule has 0 saturated carbocycles. The number of nitrogens with one attached hydrogen (secondary N) is 1. The van der Waals surface area contributed by atoms with Crippen LogP contribution in [0.15, 0.2) is 0 Å². The molecule has 0 bridgehead atoms. The van der Waals surface area contributed by atoms with Crippen molar-refractivity contribution in [1.82, 2.24) is 9.62 Å². The molecule has 5 heteroatoms. The molecule has 0 fully saturated rings. The molecule has 0 saturated heterocycles. The van der Waals surface area contributed by atoms with Crippen molar-refractivity contribution in [3.8, 4) is 12.3 Å². The second-order valence-electron chi connectivity index (χ2n) is 3.51. The molecule has 0 aliphatic heterocycles. The maximum Gasteiger partial charge on any atom is 0.214 e. The van der Waals surface area contributed by atoms with Crippen molar-refractivity contribution in [3.05, 3.63) is 0 Å². The summed E-state index contributed by atoms with van der Waals surface area (Å²) in [5, 5.41) is 3.16. The molecule has 0 atom stereocenters. The van der Waals surface area contributed by atoms with Gasteiger partial charge in [-0.15, -0.1) is 6.42 Å². The van der Waals surface area contributed by atoms with Gasteiger partial charge in [0.15, 0.2) is 0 Å². The Morgan fingerprint density at radius 2 is 2.00 bits per heavy atom. The van der Waals surface area contributed by atoms with Crippen LogP contribution in [0.1, 0.15) is 26.7 Å². The number of sulfonamides is 1. The van der Waals surface area contributed by atoms with Gasteiger partial charge in [0.2, 0.25) is 10.0 Å². The molecule has 0 radical (unpaired) electrons. The topological polar surface area (TPSA) is 49.4 Å². The molecular weight excluding hydrogens is 224 g/mol. The minimum absolute atomic E-state index is 0.173. The lowest BCUT2D eigenvalue weighted by molar-refractivity contribution is 0.461. The average molecular weight is 246 g/mol. The molecule has 94 valence electrons. The Kier molecular flexibility index (Phi) is 8.26. The SMILES string of the molecule is C#CCN(CC)S(=O)(=O)CCCCNCC. The number of hydrogen-bond donors (Lipinski definition) is 1. The van der Waals surface area contributed by atoms with Crippen LogP contribution < -0.4 is 5.32 Å². The molecule has 0 amide bonds. The summed E-state index contributed by atoms with van der Waals surface area (Å²) < 4.78 is 24.9. The summed E-state index contributed by atoms with van der Waals surface area (Å²) in [6, 6.07) is 0. The van der Waals surface area contributed by atoms with Crippen LogP contribution >= 0.6 is 0 Å². The Morgan fingerprint density at radius 1 is 1.31 bits per heavy atom. The van der Waals surface area contributed by atoms with Gasteiger partial charge in [-0.25, -0.2) is 8.42 Å². The van der Waals surface area contributed by atoms with E-state index in [1.54, 1.807) is 6.92 Å². The van der Waals surface area contributed by atoms with Crippen molar-refractivity contribution >= 4 is 10.0 Å². The van der Waals surface area contributed by atoms with E-state index in [-0.39, 0.29) is 12.3 Å². The van der Waals surface area contributed by atoms with E-state index in [9.17, 15) is 8.42 Å². The Bertz CT molecular complexity index is 306. The maximum absolute atomic E-state index is 11.8. The van der Waals surface area contributed by atoms with Gasteiger partial charge in [-0.05, 0) is 25.9 Å². The quantitative estimate of drug-likeness (QED) is 0.480. The van der Waals surface area contributed by atoms with E-state index in [1.807, 2.05) is 6.92 Å². The second kappa shape index (κ2) is 8.57. The highest BCUT2D eigenvalue weighted by Crippen LogP contribution is 2.03. The number of hydrogen-bond acceptors (Lipinski definition) is 3. The van der Waals surface area contributed by atoms with E-state index in [0.29, 0.717) is 13.0 Å². The molecule has 16 heavy (non-hydrogen) atoms. The highest BCUT2D eigenvalue weighted by Gasteiger charge is 2.18. The van der Waals surface area contributed by atoms with Gasteiger partial charge in [0.1, 0.15) is 0 Å². The molecule has 0 aliphatic carbocycles. The van der Waals surface area contributed by atoms with Gasteiger partial charge < -0.3 is 5.32 Å². The fraction of sp³-hybridized carbons (Fsp3) is 0.818. The summed E-state index contributed by atoms with van der Waals surface area (Å²) in [7, 11) is -3.16. The van der Waals surface area contributed by atoms with Crippen molar-refractivity contribution in [2.45, 2.75) is 26.7 Å². The lowest BCUT2D eigenvalue weighted by Crippen LogP contribution is -2.33. The lowest BCUT2D eigenvalue weighted by Gasteiger charge is -2.17. The molecular formula is C11H22N2O2S. The zero-order valence-electron chi connectivity index (χ0n) is 10.2. The summed E-state index contributed by atoms with van der Waals surface area (Å²) in [6.07, 6.45) is 6.68. The largest absolute Gasteiger partial charge is 0.317 e. The zero-order chi connectivity index (χ0) is 12.4. The van der Waals surface area contributed by atoms with Crippen molar-refractivity contribution < 1.29 is 8.42 Å². The van der Waals surface area contributed by atoms with Crippen LogP contribution in [-0.4, -0.2) is 44.7 Å². The van der Waals surface area contributed by atoms with Crippen LogP contribution in [-0.2, 0) is 10.0 Å². The maximum atomic E-state index is 11.8. The van der Waals surface area contributed by atoms with E-state index in [1.165, 1.54) is 4.31 Å². The summed E-state index contributed by atoms with van der Waals surface area (Å²) >= 11 is 0. The number of terminal acetylenes is 1. The van der Waals surface area contributed by atoms with Gasteiger partial charge >= 0.3 is 0 Å². The third-order valence-electron chi connectivity index (χ3n) is 2.27. The zero-order valence-corrected chi connectivity index (χ0v) is 11.0. The molecule has 0 unspecified atom stereocenters. The molecule has 0 heterocycles. The van der Waals surface area contributed by atoms with Gasteiger partial charge in [0.25, 0.3) is 0 Å². The molecule has 4 nitrogen and oxygen atoms in total. The third-order valence-corrected chi connectivity index (χ3v) is 4.25. The van der Waals surface area contributed by atoms with Gasteiger partial charge in [0.05, 0.1) is 12.3 Å². The monoisotopic (exact) mass is 246 g/mol. The molecule has 0 aromatic heterocycles. The molecule has 0 aromatic rings. The summed E-state index contributed by atoms with van der Waals surface area (Å²) in [5.41, 5.74) is 0. The molecule has 0 aromatic carbocycles. The Labute approximate surface area is 99.5 Å². The first-order chi connectivity index (χ1) is 7.58. The third kappa shape index (κ3) is 6.11. The Morgan fingerprint density at radius 3 is 2.50 bits per heavy atom. The average Bonchev–Trinajstić information content (AvgIpc) is 2.25. The van der Waals surface area contributed by atoms with Crippen molar-refractivity contribution in [1.29, 1.82) is 0 Å². The standard InChI is InChI=1S/C11H22N2O2S/c1-4-10-13(6-3)16(14,15)11-8-7-9-12-5-2/h1,12H,5-11H2,2-3H3. The van der Waals surface area contributed by atoms with Gasteiger partial charge in [-0.3, -0.25) is 0 Å². The molecule has 0 spiro atoms. The minimum Gasteiger partial charge on any atom is -0.317 e. The number of rotatable bonds is 9. The van der Waals surface area contributed by atoms with E-state index in [4.69, 9.17) is 6.42 Å². The van der Waals surface area contributed by atoms with E-state index >= 15 is 0 Å². The first kappa shape index (κ1) is 15.4. The van der Waals surface area contributed by atoms with Crippen LogP contribution in [0.4, 0.5) is 0 Å². The predicted octanol–water partition coefficient (Wildman–Crippen LogP) is 0.661. The smallest absolute Gasteiger partial charge is 0.214 e. The molecule has 1 N–H and O–H groups in total. The summed E-state index contributed by atoms with van der Waals surface area (Å²) in [5.74, 6) is 2.56. The highest BCUT2D eigenvalue weighted by atomic mass is 32.2. The summed E-state index contributed by atoms with van der Waals surface area (Å²) in [4.78, 5) is 0. The van der Waals surface area contributed by atoms with Gasteiger partial charge in [-0.2, -0.15) is 4.31 Å². The van der Waals surface area contributed by atoms with E-state index in [0.717, 1.165) is 19.5 Å². The van der Waals surface area contributed by atoms with Gasteiger partial charge in [0, 0.05) is 6.54 Å². The molecule has 0 rings (SSSR count). The van der Waals surface area contributed by atoms with Crippen molar-refractivity contribution in [3.63, 3.8) is 0 Å². The second-order valence-corrected chi connectivity index (χ2v) is 5.60. The highest BCUT2D eigenvalue weighted by molar-refractivity contribution is 7.89. The number of unbranched alkanes of at least 4 members (excludes halogenated alkanes) is 1. The van der Waals surface area contributed by atoms with Crippen molar-refractivity contribution in [2.75, 3.05) is 31.9 Å². The number of nitrogens with zero attached hydrogens (tertiary/aromatic N) is 1. The first-order valence-electron chi connectivity index (χ1n) is 5.70. The van der Waals surface area contributed by atoms with Crippen molar-refractivity contribution in [2.24, 2.45) is 0 Å². The van der Waals surface area contributed by atoms with Crippen LogP contribution in [0.25, 0.3) is 0 Å². The lowest BCUT2D eigenvalue weighted by atomic mass is 10.3. The van der Waals surface area contributed by atoms with E-state index in [2.05, 4.69) is 11.2 Å².